The van der Waals surface area contributed by atoms with Gasteiger partial charge in [-0.1, -0.05) is 48.5 Å². The molecule has 2 atom stereocenters. The van der Waals surface area contributed by atoms with E-state index in [1.807, 2.05) is 59.2 Å². The first-order chi connectivity index (χ1) is 16.5. The molecular formula is C25H25F3N2O5. The van der Waals surface area contributed by atoms with Gasteiger partial charge in [0, 0.05) is 12.5 Å². The standard InChI is InChI=1S/C25H25F3N2O5/c1-24(22(32)33,14-10-11-14)30-21(31)20(25(26,27)28)12-29-23(34)35-13-19-17-8-4-2-6-15(17)16-7-3-5-9-18(16)19/h2-9,14,19-20H,10-13H2,1H3,(H,29,34)(H,30,31)(H,32,33). The highest BCUT2D eigenvalue weighted by Gasteiger charge is 2.52. The lowest BCUT2D eigenvalue weighted by Crippen LogP contribution is -2.58. The first kappa shape index (κ1) is 24.6. The fraction of sp³-hybridized carbons (Fsp3) is 0.400. The lowest BCUT2D eigenvalue weighted by atomic mass is 9.94. The molecule has 10 heteroatoms. The number of hydrogen-bond acceptors (Lipinski definition) is 4. The van der Waals surface area contributed by atoms with E-state index in [0.29, 0.717) is 12.8 Å². The Balaban J connectivity index is 1.38. The Labute approximate surface area is 199 Å². The fourth-order valence-corrected chi connectivity index (χ4v) is 4.53. The smallest absolute Gasteiger partial charge is 0.407 e. The summed E-state index contributed by atoms with van der Waals surface area (Å²) in [5.41, 5.74) is 2.10. The van der Waals surface area contributed by atoms with Crippen LogP contribution >= 0.6 is 0 Å². The van der Waals surface area contributed by atoms with Crippen LogP contribution in [0.4, 0.5) is 18.0 Å². The van der Waals surface area contributed by atoms with E-state index in [0.717, 1.165) is 22.3 Å². The molecule has 35 heavy (non-hydrogen) atoms. The number of amides is 2. The Hall–Kier alpha value is -3.56. The van der Waals surface area contributed by atoms with Crippen molar-refractivity contribution in [1.29, 1.82) is 0 Å². The van der Waals surface area contributed by atoms with Crippen molar-refractivity contribution in [1.82, 2.24) is 10.6 Å². The molecule has 2 unspecified atom stereocenters. The monoisotopic (exact) mass is 490 g/mol. The summed E-state index contributed by atoms with van der Waals surface area (Å²) in [6.45, 7) is 0.0190. The van der Waals surface area contributed by atoms with Gasteiger partial charge < -0.3 is 20.5 Å². The van der Waals surface area contributed by atoms with E-state index in [2.05, 4.69) is 0 Å². The number of rotatable bonds is 8. The van der Waals surface area contributed by atoms with Crippen molar-refractivity contribution >= 4 is 18.0 Å². The minimum absolute atomic E-state index is 0.0957. The number of fused-ring (bicyclic) bond motifs is 3. The highest BCUT2D eigenvalue weighted by Crippen LogP contribution is 2.44. The van der Waals surface area contributed by atoms with Gasteiger partial charge in [-0.15, -0.1) is 0 Å². The molecule has 0 bridgehead atoms. The number of carboxylic acids is 1. The number of ether oxygens (including phenoxy) is 1. The van der Waals surface area contributed by atoms with Crippen molar-refractivity contribution in [2.45, 2.75) is 37.4 Å². The Morgan fingerprint density at radius 2 is 1.57 bits per heavy atom. The normalized spacial score (nSPS) is 17.5. The Kier molecular flexibility index (Phi) is 6.48. The maximum atomic E-state index is 13.6. The average Bonchev–Trinajstić information content (AvgIpc) is 3.60. The molecule has 2 amide bonds. The number of carbonyl (C=O) groups excluding carboxylic acids is 2. The number of alkyl carbamates (subject to hydrolysis) is 1. The topological polar surface area (TPSA) is 105 Å². The van der Waals surface area contributed by atoms with Gasteiger partial charge in [-0.2, -0.15) is 13.2 Å². The molecule has 186 valence electrons. The molecule has 2 aliphatic rings. The molecule has 0 spiro atoms. The molecule has 1 saturated carbocycles. The first-order valence-corrected chi connectivity index (χ1v) is 11.2. The molecule has 0 aliphatic heterocycles. The third-order valence-corrected chi connectivity index (χ3v) is 6.73. The van der Waals surface area contributed by atoms with Crippen LogP contribution in [-0.2, 0) is 14.3 Å². The molecule has 1 fully saturated rings. The second-order valence-electron chi connectivity index (χ2n) is 9.07. The van der Waals surface area contributed by atoms with Gasteiger partial charge in [-0.3, -0.25) is 4.79 Å². The lowest BCUT2D eigenvalue weighted by molar-refractivity contribution is -0.183. The van der Waals surface area contributed by atoms with Gasteiger partial charge in [0.1, 0.15) is 12.1 Å². The number of carboxylic acid groups (broad SMARTS) is 1. The first-order valence-electron chi connectivity index (χ1n) is 11.2. The minimum Gasteiger partial charge on any atom is -0.480 e. The Morgan fingerprint density at radius 1 is 1.03 bits per heavy atom. The van der Waals surface area contributed by atoms with E-state index in [4.69, 9.17) is 4.74 Å². The maximum Gasteiger partial charge on any atom is 0.407 e. The predicted molar refractivity (Wildman–Crippen MR) is 120 cm³/mol. The van der Waals surface area contributed by atoms with Crippen LogP contribution in [0, 0.1) is 11.8 Å². The van der Waals surface area contributed by atoms with Crippen LogP contribution in [0.2, 0.25) is 0 Å². The number of benzene rings is 2. The zero-order valence-electron chi connectivity index (χ0n) is 18.9. The minimum atomic E-state index is -5.00. The van der Waals surface area contributed by atoms with Gasteiger partial charge in [0.2, 0.25) is 5.91 Å². The predicted octanol–water partition coefficient (Wildman–Crippen LogP) is 4.07. The summed E-state index contributed by atoms with van der Waals surface area (Å²) in [6.07, 6.45) is -5.10. The SMILES string of the molecule is CC(NC(=O)C(CNC(=O)OCC1c2ccccc2-c2ccccc21)C(F)(F)F)(C(=O)O)C1CC1. The van der Waals surface area contributed by atoms with Gasteiger partial charge in [-0.05, 0) is 47.9 Å². The van der Waals surface area contributed by atoms with Crippen LogP contribution < -0.4 is 10.6 Å². The van der Waals surface area contributed by atoms with Crippen LogP contribution in [0.1, 0.15) is 36.8 Å². The van der Waals surface area contributed by atoms with Crippen molar-refractivity contribution in [3.05, 3.63) is 59.7 Å². The molecule has 2 aliphatic carbocycles. The average molecular weight is 490 g/mol. The highest BCUT2D eigenvalue weighted by atomic mass is 19.4. The molecule has 0 radical (unpaired) electrons. The molecular weight excluding hydrogens is 465 g/mol. The molecule has 2 aromatic rings. The van der Waals surface area contributed by atoms with Crippen LogP contribution in [0.3, 0.4) is 0 Å². The van der Waals surface area contributed by atoms with Gasteiger partial charge in [-0.25, -0.2) is 9.59 Å². The summed E-state index contributed by atoms with van der Waals surface area (Å²) >= 11 is 0. The van der Waals surface area contributed by atoms with E-state index in [1.165, 1.54) is 6.92 Å². The summed E-state index contributed by atoms with van der Waals surface area (Å²) in [6, 6.07) is 15.2. The van der Waals surface area contributed by atoms with Gasteiger partial charge in [0.25, 0.3) is 0 Å². The fourth-order valence-electron chi connectivity index (χ4n) is 4.53. The van der Waals surface area contributed by atoms with Crippen LogP contribution in [-0.4, -0.2) is 47.9 Å². The van der Waals surface area contributed by atoms with E-state index in [1.54, 1.807) is 0 Å². The second-order valence-corrected chi connectivity index (χ2v) is 9.07. The number of hydrogen-bond donors (Lipinski definition) is 3. The quantitative estimate of drug-likeness (QED) is 0.518. The molecule has 3 N–H and O–H groups in total. The van der Waals surface area contributed by atoms with Crippen molar-refractivity contribution in [2.75, 3.05) is 13.2 Å². The summed E-state index contributed by atoms with van der Waals surface area (Å²) in [5.74, 6) is -6.25. The van der Waals surface area contributed by atoms with Crippen molar-refractivity contribution in [3.8, 4) is 11.1 Å². The number of carbonyl (C=O) groups is 3. The van der Waals surface area contributed by atoms with Crippen molar-refractivity contribution in [3.63, 3.8) is 0 Å². The van der Waals surface area contributed by atoms with Gasteiger partial charge in [0.15, 0.2) is 5.92 Å². The maximum absolute atomic E-state index is 13.6. The third kappa shape index (κ3) is 4.96. The summed E-state index contributed by atoms with van der Waals surface area (Å²) in [4.78, 5) is 36.2. The number of nitrogens with one attached hydrogen (secondary N) is 2. The second kappa shape index (κ2) is 9.24. The zero-order chi connectivity index (χ0) is 25.4. The number of halogens is 3. The van der Waals surface area contributed by atoms with Crippen LogP contribution in [0.15, 0.2) is 48.5 Å². The summed E-state index contributed by atoms with van der Waals surface area (Å²) in [5, 5.41) is 13.5. The highest BCUT2D eigenvalue weighted by molar-refractivity contribution is 5.89. The number of alkyl halides is 3. The lowest BCUT2D eigenvalue weighted by Gasteiger charge is -2.29. The third-order valence-electron chi connectivity index (χ3n) is 6.73. The summed E-state index contributed by atoms with van der Waals surface area (Å²) < 4.78 is 46.0. The molecule has 7 nitrogen and oxygen atoms in total. The molecule has 0 aromatic heterocycles. The summed E-state index contributed by atoms with van der Waals surface area (Å²) in [7, 11) is 0. The van der Waals surface area contributed by atoms with E-state index in [9.17, 15) is 32.7 Å². The van der Waals surface area contributed by atoms with E-state index >= 15 is 0 Å². The number of aliphatic carboxylic acids is 1. The Morgan fingerprint density at radius 3 is 2.06 bits per heavy atom. The van der Waals surface area contributed by atoms with Crippen LogP contribution in [0.25, 0.3) is 11.1 Å². The van der Waals surface area contributed by atoms with Gasteiger partial charge >= 0.3 is 18.2 Å². The van der Waals surface area contributed by atoms with Crippen molar-refractivity contribution < 1.29 is 37.4 Å². The van der Waals surface area contributed by atoms with Crippen molar-refractivity contribution in [2.24, 2.45) is 11.8 Å². The molecule has 4 rings (SSSR count). The largest absolute Gasteiger partial charge is 0.480 e. The molecule has 2 aromatic carbocycles. The molecule has 0 saturated heterocycles. The van der Waals surface area contributed by atoms with E-state index < -0.39 is 48.1 Å². The van der Waals surface area contributed by atoms with Gasteiger partial charge in [0.05, 0.1) is 0 Å². The van der Waals surface area contributed by atoms with E-state index in [-0.39, 0.29) is 12.5 Å². The molecule has 0 heterocycles. The van der Waals surface area contributed by atoms with Crippen LogP contribution in [0.5, 0.6) is 0 Å². The zero-order valence-corrected chi connectivity index (χ0v) is 18.9. The Bertz CT molecular complexity index is 1100.